The molecular formula is C13H28N2O. The monoisotopic (exact) mass is 228 g/mol. The van der Waals surface area contributed by atoms with Crippen molar-refractivity contribution in [3.8, 4) is 0 Å². The molecule has 96 valence electrons. The van der Waals surface area contributed by atoms with Crippen LogP contribution in [0.4, 0.5) is 0 Å². The van der Waals surface area contributed by atoms with Gasteiger partial charge in [0.1, 0.15) is 0 Å². The Morgan fingerprint density at radius 3 is 2.62 bits per heavy atom. The van der Waals surface area contributed by atoms with Gasteiger partial charge >= 0.3 is 0 Å². The molecule has 0 bridgehead atoms. The third-order valence-electron chi connectivity index (χ3n) is 3.64. The van der Waals surface area contributed by atoms with E-state index in [9.17, 15) is 0 Å². The first kappa shape index (κ1) is 13.9. The summed E-state index contributed by atoms with van der Waals surface area (Å²) >= 11 is 0. The molecule has 0 amide bonds. The number of likely N-dealkylation sites (tertiary alicyclic amines) is 1. The molecule has 1 unspecified atom stereocenters. The molecule has 1 aliphatic heterocycles. The molecule has 16 heavy (non-hydrogen) atoms. The molecule has 0 spiro atoms. The van der Waals surface area contributed by atoms with Crippen LogP contribution in [0.5, 0.6) is 0 Å². The van der Waals surface area contributed by atoms with Gasteiger partial charge in [-0.1, -0.05) is 0 Å². The molecule has 3 heteroatoms. The van der Waals surface area contributed by atoms with Crippen molar-refractivity contribution in [3.63, 3.8) is 0 Å². The maximum atomic E-state index is 5.49. The van der Waals surface area contributed by atoms with E-state index in [0.29, 0.717) is 6.04 Å². The van der Waals surface area contributed by atoms with Gasteiger partial charge in [-0.2, -0.15) is 0 Å². The van der Waals surface area contributed by atoms with Gasteiger partial charge in [-0.3, -0.25) is 4.90 Å². The number of hydrogen-bond acceptors (Lipinski definition) is 3. The number of piperidine rings is 1. The lowest BCUT2D eigenvalue weighted by molar-refractivity contribution is 0.0539. The second kappa shape index (κ2) is 8.04. The van der Waals surface area contributed by atoms with Gasteiger partial charge in [0, 0.05) is 12.6 Å². The maximum Gasteiger partial charge on any atom is 0.0618 e. The standard InChI is InChI=1S/C13H28N2O/c1-4-16-11-12(2)15-9-6-13(7-10-15)5-8-14-3/h12-14H,4-11H2,1-3H3. The van der Waals surface area contributed by atoms with Crippen molar-refractivity contribution in [2.45, 2.75) is 39.2 Å². The Morgan fingerprint density at radius 2 is 2.06 bits per heavy atom. The molecule has 1 heterocycles. The van der Waals surface area contributed by atoms with Crippen LogP contribution in [0.1, 0.15) is 33.1 Å². The fourth-order valence-corrected chi connectivity index (χ4v) is 2.42. The van der Waals surface area contributed by atoms with E-state index >= 15 is 0 Å². The quantitative estimate of drug-likeness (QED) is 0.718. The van der Waals surface area contributed by atoms with Crippen LogP contribution in [0.3, 0.4) is 0 Å². The van der Waals surface area contributed by atoms with Gasteiger partial charge in [-0.05, 0) is 65.7 Å². The summed E-state index contributed by atoms with van der Waals surface area (Å²) in [6.45, 7) is 9.74. The minimum absolute atomic E-state index is 0.588. The van der Waals surface area contributed by atoms with E-state index < -0.39 is 0 Å². The van der Waals surface area contributed by atoms with Gasteiger partial charge in [-0.25, -0.2) is 0 Å². The van der Waals surface area contributed by atoms with E-state index in [2.05, 4.69) is 24.1 Å². The van der Waals surface area contributed by atoms with E-state index in [0.717, 1.165) is 19.1 Å². The molecule has 0 aromatic carbocycles. The predicted octanol–water partition coefficient (Wildman–Crippen LogP) is 1.73. The average Bonchev–Trinajstić information content (AvgIpc) is 2.34. The van der Waals surface area contributed by atoms with Crippen LogP contribution in [0.15, 0.2) is 0 Å². The first-order chi connectivity index (χ1) is 7.77. The van der Waals surface area contributed by atoms with Gasteiger partial charge in [0.05, 0.1) is 6.61 Å². The van der Waals surface area contributed by atoms with Gasteiger partial charge in [0.2, 0.25) is 0 Å². The Morgan fingerprint density at radius 1 is 1.38 bits per heavy atom. The van der Waals surface area contributed by atoms with Gasteiger partial charge in [-0.15, -0.1) is 0 Å². The van der Waals surface area contributed by atoms with Gasteiger partial charge in [0.25, 0.3) is 0 Å². The molecule has 0 radical (unpaired) electrons. The summed E-state index contributed by atoms with van der Waals surface area (Å²) in [5.41, 5.74) is 0. The van der Waals surface area contributed by atoms with E-state index in [1.165, 1.54) is 38.9 Å². The van der Waals surface area contributed by atoms with Crippen LogP contribution < -0.4 is 5.32 Å². The van der Waals surface area contributed by atoms with Crippen molar-refractivity contribution in [2.75, 3.05) is 39.9 Å². The lowest BCUT2D eigenvalue weighted by Crippen LogP contribution is -2.42. The van der Waals surface area contributed by atoms with Crippen molar-refractivity contribution < 1.29 is 4.74 Å². The van der Waals surface area contributed by atoms with Crippen molar-refractivity contribution >= 4 is 0 Å². The summed E-state index contributed by atoms with van der Waals surface area (Å²) < 4.78 is 5.49. The molecule has 1 fully saturated rings. The first-order valence-corrected chi connectivity index (χ1v) is 6.74. The highest BCUT2D eigenvalue weighted by Gasteiger charge is 2.22. The minimum atomic E-state index is 0.588. The second-order valence-electron chi connectivity index (χ2n) is 4.88. The average molecular weight is 228 g/mol. The summed E-state index contributed by atoms with van der Waals surface area (Å²) in [6.07, 6.45) is 4.06. The largest absolute Gasteiger partial charge is 0.380 e. The Kier molecular flexibility index (Phi) is 7.01. The van der Waals surface area contributed by atoms with Gasteiger partial charge < -0.3 is 10.1 Å². The van der Waals surface area contributed by atoms with Crippen LogP contribution in [-0.4, -0.2) is 50.8 Å². The van der Waals surface area contributed by atoms with E-state index in [4.69, 9.17) is 4.74 Å². The third-order valence-corrected chi connectivity index (χ3v) is 3.64. The van der Waals surface area contributed by atoms with Crippen molar-refractivity contribution in [1.29, 1.82) is 0 Å². The maximum absolute atomic E-state index is 5.49. The molecule has 0 saturated carbocycles. The Balaban J connectivity index is 2.15. The number of ether oxygens (including phenoxy) is 1. The van der Waals surface area contributed by atoms with Crippen LogP contribution in [-0.2, 0) is 4.74 Å². The summed E-state index contributed by atoms with van der Waals surface area (Å²) in [5, 5.41) is 3.24. The molecule has 0 aliphatic carbocycles. The fraction of sp³-hybridized carbons (Fsp3) is 1.00. The number of rotatable bonds is 7. The SMILES string of the molecule is CCOCC(C)N1CCC(CCNC)CC1. The van der Waals surface area contributed by atoms with E-state index in [1.807, 2.05) is 7.05 Å². The Hall–Kier alpha value is -0.120. The molecule has 1 atom stereocenters. The zero-order valence-corrected chi connectivity index (χ0v) is 11.2. The molecule has 1 rings (SSSR count). The van der Waals surface area contributed by atoms with E-state index in [-0.39, 0.29) is 0 Å². The molecule has 1 aliphatic rings. The number of nitrogens with zero attached hydrogens (tertiary/aromatic N) is 1. The van der Waals surface area contributed by atoms with Crippen molar-refractivity contribution in [1.82, 2.24) is 10.2 Å². The lowest BCUT2D eigenvalue weighted by atomic mass is 9.93. The Labute approximate surface area is 101 Å². The number of hydrogen-bond donors (Lipinski definition) is 1. The smallest absolute Gasteiger partial charge is 0.0618 e. The molecule has 1 saturated heterocycles. The normalized spacial score (nSPS) is 21.2. The fourth-order valence-electron chi connectivity index (χ4n) is 2.42. The molecule has 0 aromatic heterocycles. The highest BCUT2D eigenvalue weighted by molar-refractivity contribution is 4.76. The molecule has 0 aromatic rings. The van der Waals surface area contributed by atoms with Crippen LogP contribution in [0, 0.1) is 5.92 Å². The Bertz CT molecular complexity index is 167. The summed E-state index contributed by atoms with van der Waals surface area (Å²) in [6, 6.07) is 0.588. The summed E-state index contributed by atoms with van der Waals surface area (Å²) in [4.78, 5) is 2.57. The molecular weight excluding hydrogens is 200 g/mol. The third kappa shape index (κ3) is 4.81. The zero-order valence-electron chi connectivity index (χ0n) is 11.2. The zero-order chi connectivity index (χ0) is 11.8. The molecule has 3 nitrogen and oxygen atoms in total. The van der Waals surface area contributed by atoms with Crippen molar-refractivity contribution in [2.24, 2.45) is 5.92 Å². The minimum Gasteiger partial charge on any atom is -0.380 e. The highest BCUT2D eigenvalue weighted by atomic mass is 16.5. The second-order valence-corrected chi connectivity index (χ2v) is 4.88. The van der Waals surface area contributed by atoms with Crippen LogP contribution in [0.25, 0.3) is 0 Å². The van der Waals surface area contributed by atoms with E-state index in [1.54, 1.807) is 0 Å². The topological polar surface area (TPSA) is 24.5 Å². The molecule has 1 N–H and O–H groups in total. The summed E-state index contributed by atoms with van der Waals surface area (Å²) in [5.74, 6) is 0.933. The van der Waals surface area contributed by atoms with Crippen molar-refractivity contribution in [3.05, 3.63) is 0 Å². The highest BCUT2D eigenvalue weighted by Crippen LogP contribution is 2.21. The first-order valence-electron chi connectivity index (χ1n) is 6.74. The summed E-state index contributed by atoms with van der Waals surface area (Å²) in [7, 11) is 2.04. The van der Waals surface area contributed by atoms with Crippen LogP contribution in [0.2, 0.25) is 0 Å². The lowest BCUT2D eigenvalue weighted by Gasteiger charge is -2.35. The number of nitrogens with one attached hydrogen (secondary N) is 1. The van der Waals surface area contributed by atoms with Crippen LogP contribution >= 0.6 is 0 Å². The van der Waals surface area contributed by atoms with Gasteiger partial charge in [0.15, 0.2) is 0 Å². The predicted molar refractivity (Wildman–Crippen MR) is 68.8 cm³/mol.